The Morgan fingerprint density at radius 2 is 1.90 bits per heavy atom. The fourth-order valence-corrected chi connectivity index (χ4v) is 3.39. The summed E-state index contributed by atoms with van der Waals surface area (Å²) >= 11 is 0. The van der Waals surface area contributed by atoms with E-state index in [1.54, 1.807) is 7.05 Å². The third-order valence-electron chi connectivity index (χ3n) is 4.39. The molecule has 2 aromatic heterocycles. The lowest BCUT2D eigenvalue weighted by molar-refractivity contribution is 0.463. The van der Waals surface area contributed by atoms with Crippen molar-refractivity contribution in [1.29, 1.82) is 0 Å². The molecule has 21 heavy (non-hydrogen) atoms. The van der Waals surface area contributed by atoms with Crippen molar-refractivity contribution < 1.29 is 0 Å². The van der Waals surface area contributed by atoms with Crippen molar-refractivity contribution in [1.82, 2.24) is 24.8 Å². The number of aromatic nitrogens is 4. The van der Waals surface area contributed by atoms with Crippen molar-refractivity contribution in [3.05, 3.63) is 27.0 Å². The van der Waals surface area contributed by atoms with E-state index in [0.29, 0.717) is 29.1 Å². The Hall–Kier alpha value is -2.22. The van der Waals surface area contributed by atoms with E-state index in [2.05, 4.69) is 25.2 Å². The fourth-order valence-electron chi connectivity index (χ4n) is 3.39. The zero-order valence-electron chi connectivity index (χ0n) is 11.7. The number of anilines is 1. The number of aryl methyl sites for hydroxylation is 1. The normalized spacial score (nSPS) is 24.7. The summed E-state index contributed by atoms with van der Waals surface area (Å²) in [6.45, 7) is 1.71. The van der Waals surface area contributed by atoms with E-state index in [4.69, 9.17) is 0 Å². The van der Waals surface area contributed by atoms with Gasteiger partial charge in [-0.25, -0.2) is 9.97 Å². The number of rotatable bonds is 1. The van der Waals surface area contributed by atoms with E-state index < -0.39 is 11.1 Å². The second-order valence-corrected chi connectivity index (χ2v) is 5.76. The number of hydrogen-bond donors (Lipinski definition) is 2. The van der Waals surface area contributed by atoms with Crippen LogP contribution in [0.15, 0.2) is 15.9 Å². The van der Waals surface area contributed by atoms with Gasteiger partial charge in [0.25, 0.3) is 0 Å². The van der Waals surface area contributed by atoms with Gasteiger partial charge >= 0.3 is 11.1 Å². The highest BCUT2D eigenvalue weighted by atomic mass is 16.2. The summed E-state index contributed by atoms with van der Waals surface area (Å²) in [5.41, 5.74) is -0.256. The first kappa shape index (κ1) is 12.5. The van der Waals surface area contributed by atoms with E-state index in [-0.39, 0.29) is 0 Å². The number of nitrogens with zero attached hydrogens (tertiary/aromatic N) is 4. The molecule has 2 aliphatic heterocycles. The molecule has 8 heteroatoms. The first-order chi connectivity index (χ1) is 10.1. The molecule has 8 nitrogen and oxygen atoms in total. The highest BCUT2D eigenvalue weighted by Crippen LogP contribution is 2.26. The number of fused-ring (bicyclic) bond motifs is 3. The minimum Gasteiger partial charge on any atom is -0.352 e. The van der Waals surface area contributed by atoms with Gasteiger partial charge in [0.15, 0.2) is 11.5 Å². The summed E-state index contributed by atoms with van der Waals surface area (Å²) in [5, 5.41) is 3.56. The van der Waals surface area contributed by atoms with Crippen molar-refractivity contribution in [3.63, 3.8) is 0 Å². The second kappa shape index (κ2) is 4.39. The predicted octanol–water partition coefficient (Wildman–Crippen LogP) is -1.04. The Kier molecular flexibility index (Phi) is 2.61. The van der Waals surface area contributed by atoms with E-state index >= 15 is 0 Å². The maximum atomic E-state index is 11.9. The molecule has 0 spiro atoms. The molecule has 2 bridgehead atoms. The molecule has 4 rings (SSSR count). The summed E-state index contributed by atoms with van der Waals surface area (Å²) in [4.78, 5) is 36.6. The quantitative estimate of drug-likeness (QED) is 0.651. The first-order valence-corrected chi connectivity index (χ1v) is 7.08. The van der Waals surface area contributed by atoms with Crippen LogP contribution in [0.5, 0.6) is 0 Å². The van der Waals surface area contributed by atoms with Crippen LogP contribution in [0, 0.1) is 0 Å². The number of hydrogen-bond acceptors (Lipinski definition) is 6. The van der Waals surface area contributed by atoms with Crippen LogP contribution in [-0.2, 0) is 7.05 Å². The summed E-state index contributed by atoms with van der Waals surface area (Å²) in [6, 6.07) is 0.933. The smallest absolute Gasteiger partial charge is 0.316 e. The van der Waals surface area contributed by atoms with Gasteiger partial charge in [-0.1, -0.05) is 0 Å². The molecule has 2 N–H and O–H groups in total. The molecular weight excluding hydrogens is 272 g/mol. The van der Waals surface area contributed by atoms with Crippen LogP contribution in [0.1, 0.15) is 12.8 Å². The SMILES string of the molecule is Cn1c(=O)c(=O)[nH]c2ncnc(N3C[C@H]4CC[C@@H](C3)N4)c21. The molecule has 2 saturated heterocycles. The number of aromatic amines is 1. The molecule has 0 saturated carbocycles. The highest BCUT2D eigenvalue weighted by molar-refractivity contribution is 5.83. The lowest BCUT2D eigenvalue weighted by Crippen LogP contribution is -2.51. The van der Waals surface area contributed by atoms with Gasteiger partial charge in [0, 0.05) is 32.2 Å². The molecule has 0 aliphatic carbocycles. The van der Waals surface area contributed by atoms with E-state index in [0.717, 1.165) is 13.1 Å². The summed E-state index contributed by atoms with van der Waals surface area (Å²) in [5.74, 6) is 0.717. The molecule has 2 aromatic rings. The van der Waals surface area contributed by atoms with E-state index in [1.165, 1.54) is 23.7 Å². The molecule has 0 radical (unpaired) electrons. The molecule has 2 atom stereocenters. The summed E-state index contributed by atoms with van der Waals surface area (Å²) in [6.07, 6.45) is 3.77. The molecule has 0 unspecified atom stereocenters. The second-order valence-electron chi connectivity index (χ2n) is 5.76. The molecule has 2 aliphatic rings. The maximum Gasteiger partial charge on any atom is 0.316 e. The summed E-state index contributed by atoms with van der Waals surface area (Å²) < 4.78 is 1.34. The topological polar surface area (TPSA) is 95.9 Å². The van der Waals surface area contributed by atoms with Gasteiger partial charge in [0.1, 0.15) is 11.8 Å². The zero-order valence-corrected chi connectivity index (χ0v) is 11.7. The van der Waals surface area contributed by atoms with Crippen molar-refractivity contribution in [2.45, 2.75) is 24.9 Å². The number of piperazine rings is 1. The average molecular weight is 288 g/mol. The van der Waals surface area contributed by atoms with Crippen molar-refractivity contribution >= 4 is 17.0 Å². The fraction of sp³-hybridized carbons (Fsp3) is 0.538. The van der Waals surface area contributed by atoms with Crippen molar-refractivity contribution in [2.75, 3.05) is 18.0 Å². The largest absolute Gasteiger partial charge is 0.352 e. The minimum atomic E-state index is -0.657. The summed E-state index contributed by atoms with van der Waals surface area (Å²) in [7, 11) is 1.59. The molecule has 0 aromatic carbocycles. The van der Waals surface area contributed by atoms with Crippen molar-refractivity contribution in [2.24, 2.45) is 7.05 Å². The Morgan fingerprint density at radius 3 is 2.62 bits per heavy atom. The van der Waals surface area contributed by atoms with Crippen LogP contribution >= 0.6 is 0 Å². The van der Waals surface area contributed by atoms with E-state index in [9.17, 15) is 9.59 Å². The predicted molar refractivity (Wildman–Crippen MR) is 77.6 cm³/mol. The van der Waals surface area contributed by atoms with Gasteiger partial charge < -0.3 is 19.8 Å². The molecule has 110 valence electrons. The third kappa shape index (κ3) is 1.86. The monoisotopic (exact) mass is 288 g/mol. The van der Waals surface area contributed by atoms with Crippen LogP contribution in [0.25, 0.3) is 11.2 Å². The first-order valence-electron chi connectivity index (χ1n) is 7.08. The van der Waals surface area contributed by atoms with Gasteiger partial charge in [-0.3, -0.25) is 9.59 Å². The van der Waals surface area contributed by atoms with Gasteiger partial charge in [-0.2, -0.15) is 0 Å². The zero-order chi connectivity index (χ0) is 14.6. The lowest BCUT2D eigenvalue weighted by atomic mass is 10.2. The Labute approximate surface area is 119 Å². The number of H-pyrrole nitrogens is 1. The third-order valence-corrected chi connectivity index (χ3v) is 4.39. The van der Waals surface area contributed by atoms with Crippen LogP contribution in [0.3, 0.4) is 0 Å². The number of nitrogens with one attached hydrogen (secondary N) is 2. The van der Waals surface area contributed by atoms with Crippen LogP contribution in [-0.4, -0.2) is 44.7 Å². The van der Waals surface area contributed by atoms with Gasteiger partial charge in [0.2, 0.25) is 0 Å². The van der Waals surface area contributed by atoms with E-state index in [1.807, 2.05) is 0 Å². The van der Waals surface area contributed by atoms with Crippen molar-refractivity contribution in [3.8, 4) is 0 Å². The van der Waals surface area contributed by atoms with Gasteiger partial charge in [-0.15, -0.1) is 0 Å². The molecule has 4 heterocycles. The van der Waals surface area contributed by atoms with Crippen LogP contribution < -0.4 is 21.3 Å². The Bertz CT molecular complexity index is 814. The Morgan fingerprint density at radius 1 is 1.19 bits per heavy atom. The maximum absolute atomic E-state index is 11.9. The highest BCUT2D eigenvalue weighted by Gasteiger charge is 2.33. The van der Waals surface area contributed by atoms with Crippen LogP contribution in [0.4, 0.5) is 5.82 Å². The molecular formula is C13H16N6O2. The average Bonchev–Trinajstić information content (AvgIpc) is 2.82. The van der Waals surface area contributed by atoms with Gasteiger partial charge in [0.05, 0.1) is 0 Å². The molecule has 2 fully saturated rings. The van der Waals surface area contributed by atoms with Crippen LogP contribution in [0.2, 0.25) is 0 Å². The molecule has 0 amide bonds. The Balaban J connectivity index is 1.91. The standard InChI is InChI=1S/C13H16N6O2/c1-18-9-10(17-12(20)13(18)21)14-6-15-11(9)19-4-7-2-3-8(5-19)16-7/h6-8,16H,2-5H2,1H3,(H,14,15,17,20)/t7-,8+. The lowest BCUT2D eigenvalue weighted by Gasteiger charge is -2.34. The minimum absolute atomic E-state index is 0.401. The van der Waals surface area contributed by atoms with Gasteiger partial charge in [-0.05, 0) is 12.8 Å².